The van der Waals surface area contributed by atoms with Gasteiger partial charge in [0.1, 0.15) is 0 Å². The van der Waals surface area contributed by atoms with Gasteiger partial charge in [-0.05, 0) is 31.4 Å². The number of nitrogens with zero attached hydrogens (tertiary/aromatic N) is 3. The van der Waals surface area contributed by atoms with Gasteiger partial charge in [-0.2, -0.15) is 0 Å². The van der Waals surface area contributed by atoms with Gasteiger partial charge in [0.25, 0.3) is 0 Å². The van der Waals surface area contributed by atoms with Crippen molar-refractivity contribution in [1.29, 1.82) is 0 Å². The fourth-order valence-corrected chi connectivity index (χ4v) is 4.02. The van der Waals surface area contributed by atoms with E-state index in [1.807, 2.05) is 23.2 Å². The number of morpholine rings is 1. The van der Waals surface area contributed by atoms with Gasteiger partial charge in [-0.25, -0.2) is 0 Å². The molecule has 0 radical (unpaired) electrons. The molecule has 4 rings (SSSR count). The van der Waals surface area contributed by atoms with Gasteiger partial charge in [0, 0.05) is 38.9 Å². The summed E-state index contributed by atoms with van der Waals surface area (Å²) in [6.07, 6.45) is 5.30. The van der Waals surface area contributed by atoms with Crippen LogP contribution in [-0.4, -0.2) is 59.1 Å². The van der Waals surface area contributed by atoms with Crippen molar-refractivity contribution in [2.75, 3.05) is 26.2 Å². The summed E-state index contributed by atoms with van der Waals surface area (Å²) in [6, 6.07) is 6.03. The Kier molecular flexibility index (Phi) is 3.84. The number of amides is 1. The molecule has 5 nitrogen and oxygen atoms in total. The molecule has 2 bridgehead atoms. The summed E-state index contributed by atoms with van der Waals surface area (Å²) < 4.78 is 6.05. The molecule has 1 amide bonds. The molecule has 1 aromatic rings. The number of likely N-dealkylation sites (tertiary alicyclic amines) is 2. The van der Waals surface area contributed by atoms with Gasteiger partial charge in [0.2, 0.25) is 5.91 Å². The Balaban J connectivity index is 1.40. The molecule has 3 fully saturated rings. The molecule has 3 aliphatic heterocycles. The first-order valence-corrected chi connectivity index (χ1v) is 8.36. The van der Waals surface area contributed by atoms with Crippen molar-refractivity contribution in [3.05, 3.63) is 30.1 Å². The highest BCUT2D eigenvalue weighted by Gasteiger charge is 2.46. The first-order valence-electron chi connectivity index (χ1n) is 8.36. The van der Waals surface area contributed by atoms with E-state index in [4.69, 9.17) is 4.74 Å². The predicted molar refractivity (Wildman–Crippen MR) is 82.1 cm³/mol. The van der Waals surface area contributed by atoms with Crippen LogP contribution in [0, 0.1) is 5.92 Å². The van der Waals surface area contributed by atoms with Crippen LogP contribution in [-0.2, 0) is 16.1 Å². The van der Waals surface area contributed by atoms with E-state index in [-0.39, 0.29) is 18.1 Å². The lowest BCUT2D eigenvalue weighted by molar-refractivity contribution is -0.137. The first kappa shape index (κ1) is 14.2. The van der Waals surface area contributed by atoms with Crippen molar-refractivity contribution in [3.8, 4) is 0 Å². The SMILES string of the molecule is O=C([C@@H]1C[C@H]2CN(Cc3ccccn3)C[C@@H]1O2)N1CCCC1. The van der Waals surface area contributed by atoms with Crippen LogP contribution >= 0.6 is 0 Å². The Morgan fingerprint density at radius 1 is 1.27 bits per heavy atom. The van der Waals surface area contributed by atoms with Gasteiger partial charge in [-0.3, -0.25) is 14.7 Å². The second kappa shape index (κ2) is 5.97. The van der Waals surface area contributed by atoms with E-state index in [0.29, 0.717) is 5.91 Å². The van der Waals surface area contributed by atoms with E-state index in [0.717, 1.165) is 57.7 Å². The van der Waals surface area contributed by atoms with Gasteiger partial charge in [0.15, 0.2) is 0 Å². The summed E-state index contributed by atoms with van der Waals surface area (Å²) in [6.45, 7) is 4.48. The monoisotopic (exact) mass is 301 g/mol. The third kappa shape index (κ3) is 2.75. The summed E-state index contributed by atoms with van der Waals surface area (Å²) in [4.78, 5) is 21.5. The van der Waals surface area contributed by atoms with Gasteiger partial charge in [-0.15, -0.1) is 0 Å². The van der Waals surface area contributed by atoms with Crippen molar-refractivity contribution >= 4 is 5.91 Å². The molecule has 4 heterocycles. The average molecular weight is 301 g/mol. The zero-order chi connectivity index (χ0) is 14.9. The Bertz CT molecular complexity index is 530. The van der Waals surface area contributed by atoms with Crippen LogP contribution in [0.25, 0.3) is 0 Å². The summed E-state index contributed by atoms with van der Waals surface area (Å²) >= 11 is 0. The van der Waals surface area contributed by atoms with E-state index in [9.17, 15) is 4.79 Å². The molecule has 3 saturated heterocycles. The second-order valence-corrected chi connectivity index (χ2v) is 6.69. The number of carbonyl (C=O) groups excluding carboxylic acids is 1. The molecule has 0 unspecified atom stereocenters. The third-order valence-electron chi connectivity index (χ3n) is 5.08. The molecular weight excluding hydrogens is 278 g/mol. The molecule has 0 aromatic carbocycles. The molecule has 1 aromatic heterocycles. The Morgan fingerprint density at radius 3 is 2.91 bits per heavy atom. The molecular formula is C17H23N3O2. The van der Waals surface area contributed by atoms with Crippen molar-refractivity contribution in [2.45, 2.75) is 38.0 Å². The fraction of sp³-hybridized carbons (Fsp3) is 0.647. The highest BCUT2D eigenvalue weighted by Crippen LogP contribution is 2.34. The summed E-state index contributed by atoms with van der Waals surface area (Å²) in [5.74, 6) is 0.390. The molecule has 3 atom stereocenters. The topological polar surface area (TPSA) is 45.7 Å². The maximum atomic E-state index is 12.7. The van der Waals surface area contributed by atoms with Crippen LogP contribution in [0.4, 0.5) is 0 Å². The lowest BCUT2D eigenvalue weighted by Crippen LogP contribution is -2.45. The number of hydrogen-bond acceptors (Lipinski definition) is 4. The maximum absolute atomic E-state index is 12.7. The van der Waals surface area contributed by atoms with Crippen LogP contribution in [0.3, 0.4) is 0 Å². The van der Waals surface area contributed by atoms with Crippen molar-refractivity contribution in [2.24, 2.45) is 5.92 Å². The molecule has 0 N–H and O–H groups in total. The lowest BCUT2D eigenvalue weighted by Gasteiger charge is -2.32. The first-order chi connectivity index (χ1) is 10.8. The number of fused-ring (bicyclic) bond motifs is 2. The molecule has 22 heavy (non-hydrogen) atoms. The van der Waals surface area contributed by atoms with Crippen molar-refractivity contribution < 1.29 is 9.53 Å². The lowest BCUT2D eigenvalue weighted by atomic mass is 9.99. The van der Waals surface area contributed by atoms with Crippen LogP contribution in [0.2, 0.25) is 0 Å². The average Bonchev–Trinajstić information content (AvgIpc) is 3.16. The number of ether oxygens (including phenoxy) is 1. The van der Waals surface area contributed by atoms with E-state index >= 15 is 0 Å². The minimum atomic E-state index is 0.0653. The molecule has 0 saturated carbocycles. The molecule has 5 heteroatoms. The van der Waals surface area contributed by atoms with Gasteiger partial charge in [-0.1, -0.05) is 6.07 Å². The summed E-state index contributed by atoms with van der Waals surface area (Å²) in [7, 11) is 0. The number of aromatic nitrogens is 1. The quantitative estimate of drug-likeness (QED) is 0.844. The fourth-order valence-electron chi connectivity index (χ4n) is 4.02. The smallest absolute Gasteiger partial charge is 0.228 e. The highest BCUT2D eigenvalue weighted by molar-refractivity contribution is 5.80. The predicted octanol–water partition coefficient (Wildman–Crippen LogP) is 1.29. The standard InChI is InChI=1S/C17H23N3O2/c21-17(20-7-3-4-8-20)15-9-14-11-19(12-16(15)22-14)10-13-5-1-2-6-18-13/h1-2,5-6,14-16H,3-4,7-12H2/t14-,15+,16-/m0/s1. The number of hydrogen-bond donors (Lipinski definition) is 0. The van der Waals surface area contributed by atoms with Gasteiger partial charge in [0.05, 0.1) is 23.8 Å². The number of pyridine rings is 1. The Morgan fingerprint density at radius 2 is 2.14 bits per heavy atom. The molecule has 0 aliphatic carbocycles. The normalized spacial score (nSPS) is 31.6. The summed E-state index contributed by atoms with van der Waals surface area (Å²) in [5, 5.41) is 0. The summed E-state index contributed by atoms with van der Waals surface area (Å²) in [5.41, 5.74) is 1.09. The Labute approximate surface area is 131 Å². The minimum absolute atomic E-state index is 0.0653. The largest absolute Gasteiger partial charge is 0.371 e. The molecule has 0 spiro atoms. The van der Waals surface area contributed by atoms with Gasteiger partial charge < -0.3 is 9.64 Å². The zero-order valence-electron chi connectivity index (χ0n) is 12.9. The van der Waals surface area contributed by atoms with Crippen LogP contribution < -0.4 is 0 Å². The van der Waals surface area contributed by atoms with E-state index in [1.165, 1.54) is 0 Å². The third-order valence-corrected chi connectivity index (χ3v) is 5.08. The zero-order valence-corrected chi connectivity index (χ0v) is 12.9. The van der Waals surface area contributed by atoms with Gasteiger partial charge >= 0.3 is 0 Å². The maximum Gasteiger partial charge on any atom is 0.228 e. The number of carbonyl (C=O) groups is 1. The van der Waals surface area contributed by atoms with Crippen molar-refractivity contribution in [3.63, 3.8) is 0 Å². The highest BCUT2D eigenvalue weighted by atomic mass is 16.5. The van der Waals surface area contributed by atoms with E-state index in [1.54, 1.807) is 0 Å². The van der Waals surface area contributed by atoms with Crippen LogP contribution in [0.15, 0.2) is 24.4 Å². The Hall–Kier alpha value is -1.46. The molecule has 118 valence electrons. The van der Waals surface area contributed by atoms with Crippen LogP contribution in [0.1, 0.15) is 25.0 Å². The van der Waals surface area contributed by atoms with Crippen LogP contribution in [0.5, 0.6) is 0 Å². The number of rotatable bonds is 3. The minimum Gasteiger partial charge on any atom is -0.371 e. The second-order valence-electron chi connectivity index (χ2n) is 6.69. The van der Waals surface area contributed by atoms with E-state index in [2.05, 4.69) is 16.0 Å². The van der Waals surface area contributed by atoms with Crippen molar-refractivity contribution in [1.82, 2.24) is 14.8 Å². The van der Waals surface area contributed by atoms with E-state index < -0.39 is 0 Å². The molecule has 3 aliphatic rings.